The lowest BCUT2D eigenvalue weighted by atomic mass is 10.1. The second kappa shape index (κ2) is 6.75. The molecule has 0 saturated heterocycles. The SMILES string of the molecule is Cn1c(=O)c(C(=O)NCC(=O)O)c(O)c2cnc(-c3cc4ccccc4[nH]3)nc21. The number of carboxylic acids is 1. The summed E-state index contributed by atoms with van der Waals surface area (Å²) in [4.78, 5) is 47.2. The molecule has 0 fully saturated rings. The summed E-state index contributed by atoms with van der Waals surface area (Å²) in [5.74, 6) is -2.56. The van der Waals surface area contributed by atoms with Crippen LogP contribution in [-0.4, -0.2) is 48.2 Å². The van der Waals surface area contributed by atoms with Gasteiger partial charge in [-0.05, 0) is 12.1 Å². The number of hydrogen-bond acceptors (Lipinski definition) is 6. The second-order valence-corrected chi connectivity index (χ2v) is 6.37. The number of aryl methyl sites for hydroxylation is 1. The fourth-order valence-electron chi connectivity index (χ4n) is 3.07. The zero-order chi connectivity index (χ0) is 20.7. The lowest BCUT2D eigenvalue weighted by molar-refractivity contribution is -0.135. The minimum atomic E-state index is -1.28. The zero-order valence-electron chi connectivity index (χ0n) is 15.1. The van der Waals surface area contributed by atoms with E-state index < -0.39 is 35.3 Å². The molecular weight excluding hydrogens is 378 g/mol. The normalized spacial score (nSPS) is 11.1. The Morgan fingerprint density at radius 1 is 1.28 bits per heavy atom. The number of nitrogens with one attached hydrogen (secondary N) is 2. The van der Waals surface area contributed by atoms with Crippen LogP contribution in [0.15, 0.2) is 41.3 Å². The molecule has 1 aromatic carbocycles. The highest BCUT2D eigenvalue weighted by Crippen LogP contribution is 2.27. The molecule has 1 amide bonds. The van der Waals surface area contributed by atoms with Crippen LogP contribution in [0.5, 0.6) is 5.75 Å². The summed E-state index contributed by atoms with van der Waals surface area (Å²) < 4.78 is 1.11. The van der Waals surface area contributed by atoms with Crippen molar-refractivity contribution in [2.75, 3.05) is 6.54 Å². The molecule has 29 heavy (non-hydrogen) atoms. The first-order valence-electron chi connectivity index (χ1n) is 8.53. The van der Waals surface area contributed by atoms with Crippen molar-refractivity contribution in [2.45, 2.75) is 0 Å². The number of aromatic amines is 1. The number of fused-ring (bicyclic) bond motifs is 2. The summed E-state index contributed by atoms with van der Waals surface area (Å²) in [6, 6.07) is 9.49. The summed E-state index contributed by atoms with van der Waals surface area (Å²) in [5.41, 5.74) is 0.282. The molecule has 0 atom stereocenters. The Labute approximate surface area is 162 Å². The van der Waals surface area contributed by atoms with E-state index in [4.69, 9.17) is 5.11 Å². The third kappa shape index (κ3) is 3.06. The van der Waals surface area contributed by atoms with Crippen molar-refractivity contribution in [3.63, 3.8) is 0 Å². The number of benzene rings is 1. The number of hydrogen-bond donors (Lipinski definition) is 4. The number of carbonyl (C=O) groups excluding carboxylic acids is 1. The van der Waals surface area contributed by atoms with Crippen LogP contribution in [0, 0.1) is 0 Å². The standard InChI is InChI=1S/C19H15N5O5/c1-24-17-10(15(27)14(19(24)29)18(28)21-8-13(25)26)7-20-16(23-17)12-6-9-4-2-3-5-11(9)22-12/h2-7,22,27H,8H2,1H3,(H,21,28)(H,25,26). The number of aromatic nitrogens is 4. The smallest absolute Gasteiger partial charge is 0.322 e. The Morgan fingerprint density at radius 3 is 2.76 bits per heavy atom. The summed E-state index contributed by atoms with van der Waals surface area (Å²) in [6.45, 7) is -0.685. The van der Waals surface area contributed by atoms with Crippen molar-refractivity contribution in [3.8, 4) is 17.3 Å². The van der Waals surface area contributed by atoms with Gasteiger partial charge in [0.1, 0.15) is 23.5 Å². The van der Waals surface area contributed by atoms with Gasteiger partial charge in [0.25, 0.3) is 11.5 Å². The summed E-state index contributed by atoms with van der Waals surface area (Å²) in [5, 5.41) is 22.3. The quantitative estimate of drug-likeness (QED) is 0.404. The first-order valence-corrected chi connectivity index (χ1v) is 8.53. The van der Waals surface area contributed by atoms with Crippen molar-refractivity contribution >= 4 is 33.8 Å². The molecular formula is C19H15N5O5. The van der Waals surface area contributed by atoms with Crippen molar-refractivity contribution in [1.29, 1.82) is 0 Å². The Bertz CT molecular complexity index is 1320. The fourth-order valence-corrected chi connectivity index (χ4v) is 3.07. The average Bonchev–Trinajstić information content (AvgIpc) is 3.14. The third-order valence-corrected chi connectivity index (χ3v) is 4.49. The molecule has 0 spiro atoms. The predicted octanol–water partition coefficient (Wildman–Crippen LogP) is 0.997. The van der Waals surface area contributed by atoms with E-state index in [9.17, 15) is 19.5 Å². The maximum atomic E-state index is 12.6. The van der Waals surface area contributed by atoms with Crippen LogP contribution in [-0.2, 0) is 11.8 Å². The Hall–Kier alpha value is -4.21. The van der Waals surface area contributed by atoms with Crippen LogP contribution >= 0.6 is 0 Å². The highest BCUT2D eigenvalue weighted by Gasteiger charge is 2.23. The minimum absolute atomic E-state index is 0.0902. The number of para-hydroxylation sites is 1. The van der Waals surface area contributed by atoms with Crippen LogP contribution in [0.2, 0.25) is 0 Å². The van der Waals surface area contributed by atoms with Crippen molar-refractivity contribution < 1.29 is 19.8 Å². The van der Waals surface area contributed by atoms with E-state index in [0.717, 1.165) is 15.5 Å². The molecule has 0 saturated carbocycles. The van der Waals surface area contributed by atoms with Gasteiger partial charge >= 0.3 is 5.97 Å². The topological polar surface area (TPSA) is 150 Å². The van der Waals surface area contributed by atoms with E-state index in [1.54, 1.807) is 0 Å². The molecule has 3 aromatic heterocycles. The lowest BCUT2D eigenvalue weighted by Crippen LogP contribution is -2.35. The first kappa shape index (κ1) is 18.2. The maximum absolute atomic E-state index is 12.6. The summed E-state index contributed by atoms with van der Waals surface area (Å²) in [6.07, 6.45) is 1.31. The zero-order valence-corrected chi connectivity index (χ0v) is 15.1. The molecule has 10 heteroatoms. The molecule has 0 aliphatic heterocycles. The van der Waals surface area contributed by atoms with Crippen molar-refractivity contribution in [3.05, 3.63) is 52.4 Å². The number of H-pyrrole nitrogens is 1. The van der Waals surface area contributed by atoms with Crippen LogP contribution in [0.1, 0.15) is 10.4 Å². The molecule has 10 nitrogen and oxygen atoms in total. The molecule has 0 bridgehead atoms. The van der Waals surface area contributed by atoms with Gasteiger partial charge in [-0.2, -0.15) is 0 Å². The van der Waals surface area contributed by atoms with Gasteiger partial charge in [-0.15, -0.1) is 0 Å². The average molecular weight is 393 g/mol. The number of pyridine rings is 1. The molecule has 4 N–H and O–H groups in total. The largest absolute Gasteiger partial charge is 0.506 e. The number of carbonyl (C=O) groups is 2. The Balaban J connectivity index is 1.85. The van der Waals surface area contributed by atoms with E-state index in [0.29, 0.717) is 11.5 Å². The molecule has 0 aliphatic rings. The fraction of sp³-hybridized carbons (Fsp3) is 0.105. The number of rotatable bonds is 4. The van der Waals surface area contributed by atoms with Gasteiger partial charge in [0.2, 0.25) is 0 Å². The second-order valence-electron chi connectivity index (χ2n) is 6.37. The maximum Gasteiger partial charge on any atom is 0.322 e. The Morgan fingerprint density at radius 2 is 2.03 bits per heavy atom. The molecule has 146 valence electrons. The van der Waals surface area contributed by atoms with E-state index in [2.05, 4.69) is 20.3 Å². The Kier molecular flexibility index (Phi) is 4.23. The molecule has 0 unspecified atom stereocenters. The van der Waals surface area contributed by atoms with Gasteiger partial charge in [-0.25, -0.2) is 9.97 Å². The van der Waals surface area contributed by atoms with Gasteiger partial charge in [-0.1, -0.05) is 18.2 Å². The molecule has 4 rings (SSSR count). The number of aliphatic carboxylic acids is 1. The highest BCUT2D eigenvalue weighted by molar-refractivity contribution is 6.02. The van der Waals surface area contributed by atoms with Crippen LogP contribution in [0.3, 0.4) is 0 Å². The first-order chi connectivity index (χ1) is 13.9. The van der Waals surface area contributed by atoms with E-state index in [1.807, 2.05) is 30.3 Å². The van der Waals surface area contributed by atoms with E-state index in [-0.39, 0.29) is 11.0 Å². The van der Waals surface area contributed by atoms with Crippen LogP contribution in [0.25, 0.3) is 33.5 Å². The summed E-state index contributed by atoms with van der Waals surface area (Å²) in [7, 11) is 1.40. The number of nitrogens with zero attached hydrogens (tertiary/aromatic N) is 3. The highest BCUT2D eigenvalue weighted by atomic mass is 16.4. The van der Waals surface area contributed by atoms with Crippen molar-refractivity contribution in [1.82, 2.24) is 24.8 Å². The number of amides is 1. The van der Waals surface area contributed by atoms with Crippen LogP contribution in [0.4, 0.5) is 0 Å². The van der Waals surface area contributed by atoms with Gasteiger partial charge in [-0.3, -0.25) is 19.0 Å². The van der Waals surface area contributed by atoms with Gasteiger partial charge in [0, 0.05) is 24.1 Å². The van der Waals surface area contributed by atoms with E-state index in [1.165, 1.54) is 13.2 Å². The van der Waals surface area contributed by atoms with E-state index >= 15 is 0 Å². The van der Waals surface area contributed by atoms with Gasteiger partial charge < -0.3 is 20.5 Å². The monoisotopic (exact) mass is 393 g/mol. The van der Waals surface area contributed by atoms with Gasteiger partial charge in [0.15, 0.2) is 5.82 Å². The predicted molar refractivity (Wildman–Crippen MR) is 104 cm³/mol. The molecule has 3 heterocycles. The number of carboxylic acid groups (broad SMARTS) is 1. The molecule has 0 aliphatic carbocycles. The van der Waals surface area contributed by atoms with Crippen LogP contribution < -0.4 is 10.9 Å². The minimum Gasteiger partial charge on any atom is -0.506 e. The van der Waals surface area contributed by atoms with Crippen molar-refractivity contribution in [2.24, 2.45) is 7.05 Å². The molecule has 0 radical (unpaired) electrons. The van der Waals surface area contributed by atoms with Gasteiger partial charge in [0.05, 0.1) is 11.1 Å². The third-order valence-electron chi connectivity index (χ3n) is 4.49. The summed E-state index contributed by atoms with van der Waals surface area (Å²) >= 11 is 0. The lowest BCUT2D eigenvalue weighted by Gasteiger charge is -2.11. The molecule has 4 aromatic rings. The number of aromatic hydroxyl groups is 1.